The largest absolute Gasteiger partial charge is 0.488 e. The van der Waals surface area contributed by atoms with Gasteiger partial charge in [0, 0.05) is 18.8 Å². The third-order valence-corrected chi connectivity index (χ3v) is 5.41. The van der Waals surface area contributed by atoms with Gasteiger partial charge in [0.1, 0.15) is 18.1 Å². The molecule has 2 aromatic carbocycles. The second kappa shape index (κ2) is 10.5. The standard InChI is InChI=1S/C28H26N2O2/c1-22-9-7-13-25(29-22)14-8-12-23-17-19-30(20-18-23)28(31)26-15-5-6-16-27(26)32-21-24-10-3-2-4-11-24/h2-7,9-13,15-16H,17-21H2,1H3. The lowest BCUT2D eigenvalue weighted by Gasteiger charge is -2.29. The summed E-state index contributed by atoms with van der Waals surface area (Å²) in [5.41, 5.74) is 4.69. The van der Waals surface area contributed by atoms with Gasteiger partial charge in [-0.25, -0.2) is 4.98 Å². The van der Waals surface area contributed by atoms with Crippen LogP contribution in [0.15, 0.2) is 84.4 Å². The number of hydrogen-bond donors (Lipinski definition) is 0. The Labute approximate surface area is 189 Å². The van der Waals surface area contributed by atoms with Gasteiger partial charge in [-0.3, -0.25) is 4.79 Å². The average Bonchev–Trinajstić information content (AvgIpc) is 2.84. The molecule has 4 heteroatoms. The van der Waals surface area contributed by atoms with E-state index in [0.29, 0.717) is 31.0 Å². The van der Waals surface area contributed by atoms with Crippen molar-refractivity contribution in [1.82, 2.24) is 9.88 Å². The van der Waals surface area contributed by atoms with Gasteiger partial charge in [-0.05, 0) is 61.6 Å². The highest BCUT2D eigenvalue weighted by Crippen LogP contribution is 2.24. The molecule has 4 nitrogen and oxygen atoms in total. The van der Waals surface area contributed by atoms with Crippen molar-refractivity contribution < 1.29 is 9.53 Å². The molecule has 0 atom stereocenters. The van der Waals surface area contributed by atoms with Gasteiger partial charge in [-0.1, -0.05) is 60.0 Å². The molecule has 1 aliphatic rings. The van der Waals surface area contributed by atoms with Crippen LogP contribution in [0, 0.1) is 18.8 Å². The number of benzene rings is 2. The van der Waals surface area contributed by atoms with Crippen molar-refractivity contribution in [3.8, 4) is 17.6 Å². The van der Waals surface area contributed by atoms with Gasteiger partial charge in [0.05, 0.1) is 5.56 Å². The topological polar surface area (TPSA) is 42.4 Å². The number of allylic oxidation sites excluding steroid dienone is 1. The highest BCUT2D eigenvalue weighted by atomic mass is 16.5. The lowest BCUT2D eigenvalue weighted by atomic mass is 10.0. The van der Waals surface area contributed by atoms with Crippen molar-refractivity contribution in [1.29, 1.82) is 0 Å². The number of para-hydroxylation sites is 1. The van der Waals surface area contributed by atoms with E-state index in [1.165, 1.54) is 5.57 Å². The maximum atomic E-state index is 13.2. The van der Waals surface area contributed by atoms with Crippen molar-refractivity contribution >= 4 is 5.91 Å². The van der Waals surface area contributed by atoms with E-state index >= 15 is 0 Å². The Morgan fingerprint density at radius 3 is 2.53 bits per heavy atom. The summed E-state index contributed by atoms with van der Waals surface area (Å²) in [7, 11) is 0. The van der Waals surface area contributed by atoms with Gasteiger partial charge in [-0.15, -0.1) is 0 Å². The maximum Gasteiger partial charge on any atom is 0.257 e. The molecule has 0 N–H and O–H groups in total. The minimum Gasteiger partial charge on any atom is -0.488 e. The summed E-state index contributed by atoms with van der Waals surface area (Å²) in [6, 6.07) is 23.3. The van der Waals surface area contributed by atoms with E-state index in [0.717, 1.165) is 29.8 Å². The molecule has 0 aliphatic carbocycles. The monoisotopic (exact) mass is 422 g/mol. The van der Waals surface area contributed by atoms with E-state index < -0.39 is 0 Å². The fourth-order valence-corrected chi connectivity index (χ4v) is 3.64. The molecular formula is C28H26N2O2. The fourth-order valence-electron chi connectivity index (χ4n) is 3.64. The number of piperidine rings is 1. The van der Waals surface area contributed by atoms with E-state index in [2.05, 4.69) is 16.8 Å². The van der Waals surface area contributed by atoms with Gasteiger partial charge in [-0.2, -0.15) is 0 Å². The van der Waals surface area contributed by atoms with Crippen LogP contribution in [0.1, 0.15) is 40.2 Å². The third-order valence-electron chi connectivity index (χ3n) is 5.41. The van der Waals surface area contributed by atoms with Crippen molar-refractivity contribution in [2.24, 2.45) is 0 Å². The number of ether oxygens (including phenoxy) is 1. The number of rotatable bonds is 4. The zero-order chi connectivity index (χ0) is 22.2. The van der Waals surface area contributed by atoms with E-state index in [1.54, 1.807) is 0 Å². The van der Waals surface area contributed by atoms with Gasteiger partial charge < -0.3 is 9.64 Å². The van der Waals surface area contributed by atoms with Crippen LogP contribution < -0.4 is 4.74 Å². The van der Waals surface area contributed by atoms with Crippen molar-refractivity contribution in [3.63, 3.8) is 0 Å². The first kappa shape index (κ1) is 21.4. The van der Waals surface area contributed by atoms with Gasteiger partial charge in [0.2, 0.25) is 0 Å². The van der Waals surface area contributed by atoms with Crippen LogP contribution in [-0.2, 0) is 6.61 Å². The van der Waals surface area contributed by atoms with Crippen molar-refractivity contribution in [2.45, 2.75) is 26.4 Å². The molecule has 0 radical (unpaired) electrons. The molecule has 1 fully saturated rings. The molecule has 3 aromatic rings. The zero-order valence-corrected chi connectivity index (χ0v) is 18.3. The number of likely N-dealkylation sites (tertiary alicyclic amines) is 1. The van der Waals surface area contributed by atoms with E-state index in [4.69, 9.17) is 4.74 Å². The summed E-state index contributed by atoms with van der Waals surface area (Å²) < 4.78 is 5.98. The summed E-state index contributed by atoms with van der Waals surface area (Å²) in [6.07, 6.45) is 3.63. The molecule has 160 valence electrons. The summed E-state index contributed by atoms with van der Waals surface area (Å²) in [5.74, 6) is 6.85. The van der Waals surface area contributed by atoms with Crippen molar-refractivity contribution in [2.75, 3.05) is 13.1 Å². The van der Waals surface area contributed by atoms with Crippen LogP contribution >= 0.6 is 0 Å². The Kier molecular flexibility index (Phi) is 6.99. The number of pyridine rings is 1. The number of aromatic nitrogens is 1. The van der Waals surface area contributed by atoms with E-state index in [1.807, 2.05) is 90.7 Å². The molecular weight excluding hydrogens is 396 g/mol. The third kappa shape index (κ3) is 5.65. The summed E-state index contributed by atoms with van der Waals surface area (Å²) >= 11 is 0. The Bertz CT molecular complexity index is 1160. The molecule has 4 rings (SSSR count). The number of nitrogens with zero attached hydrogens (tertiary/aromatic N) is 2. The van der Waals surface area contributed by atoms with Crippen LogP contribution in [0.5, 0.6) is 5.75 Å². The second-order valence-corrected chi connectivity index (χ2v) is 7.80. The number of amides is 1. The first-order chi connectivity index (χ1) is 15.7. The maximum absolute atomic E-state index is 13.2. The molecule has 2 heterocycles. The van der Waals surface area contributed by atoms with Crippen molar-refractivity contribution in [3.05, 3.63) is 107 Å². The molecule has 1 aromatic heterocycles. The smallest absolute Gasteiger partial charge is 0.257 e. The summed E-state index contributed by atoms with van der Waals surface area (Å²) in [5, 5.41) is 0. The quantitative estimate of drug-likeness (QED) is 0.544. The van der Waals surface area contributed by atoms with Crippen LogP contribution in [0.3, 0.4) is 0 Å². The predicted octanol–water partition coefficient (Wildman–Crippen LogP) is 5.18. The Balaban J connectivity index is 1.36. The van der Waals surface area contributed by atoms with E-state index in [-0.39, 0.29) is 5.91 Å². The molecule has 1 saturated heterocycles. The SMILES string of the molecule is Cc1cccc(C#CC=C2CCN(C(=O)c3ccccc3OCc3ccccc3)CC2)n1. The molecule has 32 heavy (non-hydrogen) atoms. The highest BCUT2D eigenvalue weighted by molar-refractivity contribution is 5.97. The Hall–Kier alpha value is -3.84. The van der Waals surface area contributed by atoms with Gasteiger partial charge in [0.25, 0.3) is 5.91 Å². The van der Waals surface area contributed by atoms with Crippen LogP contribution in [0.4, 0.5) is 0 Å². The zero-order valence-electron chi connectivity index (χ0n) is 18.3. The molecule has 0 saturated carbocycles. The summed E-state index contributed by atoms with van der Waals surface area (Å²) in [6.45, 7) is 3.76. The van der Waals surface area contributed by atoms with Gasteiger partial charge in [0.15, 0.2) is 0 Å². The Morgan fingerprint density at radius 1 is 1.00 bits per heavy atom. The molecule has 1 amide bonds. The number of carbonyl (C=O) groups is 1. The molecule has 0 bridgehead atoms. The van der Waals surface area contributed by atoms with E-state index in [9.17, 15) is 4.79 Å². The first-order valence-electron chi connectivity index (χ1n) is 10.9. The number of carbonyl (C=O) groups excluding carboxylic acids is 1. The number of hydrogen-bond acceptors (Lipinski definition) is 3. The minimum absolute atomic E-state index is 0.0164. The lowest BCUT2D eigenvalue weighted by molar-refractivity contribution is 0.0738. The van der Waals surface area contributed by atoms with Crippen LogP contribution in [0.25, 0.3) is 0 Å². The second-order valence-electron chi connectivity index (χ2n) is 7.80. The Morgan fingerprint density at radius 2 is 1.75 bits per heavy atom. The number of aryl methyl sites for hydroxylation is 1. The minimum atomic E-state index is 0.0164. The molecule has 1 aliphatic heterocycles. The predicted molar refractivity (Wildman–Crippen MR) is 126 cm³/mol. The van der Waals surface area contributed by atoms with Gasteiger partial charge >= 0.3 is 0 Å². The average molecular weight is 423 g/mol. The normalized spacial score (nSPS) is 13.2. The molecule has 0 spiro atoms. The first-order valence-corrected chi connectivity index (χ1v) is 10.9. The highest BCUT2D eigenvalue weighted by Gasteiger charge is 2.22. The van der Waals surface area contributed by atoms with Crippen LogP contribution in [-0.4, -0.2) is 28.9 Å². The summed E-state index contributed by atoms with van der Waals surface area (Å²) in [4.78, 5) is 19.5. The lowest BCUT2D eigenvalue weighted by Crippen LogP contribution is -2.36. The molecule has 0 unspecified atom stereocenters. The fraction of sp³-hybridized carbons (Fsp3) is 0.214. The van der Waals surface area contributed by atoms with Crippen LogP contribution in [0.2, 0.25) is 0 Å².